The van der Waals surface area contributed by atoms with E-state index in [1.165, 1.54) is 58.4 Å². The van der Waals surface area contributed by atoms with Crippen LogP contribution in [0.3, 0.4) is 0 Å². The maximum Gasteiger partial charge on any atom is 0.153 e. The number of aromatic nitrogens is 2. The molecule has 0 spiro atoms. The molecule has 3 heterocycles. The molecule has 0 atom stereocenters. The van der Waals surface area contributed by atoms with Crippen molar-refractivity contribution >= 4 is 16.7 Å². The lowest BCUT2D eigenvalue weighted by Gasteiger charge is -2.28. The fourth-order valence-corrected chi connectivity index (χ4v) is 3.99. The molecule has 3 heteroatoms. The summed E-state index contributed by atoms with van der Waals surface area (Å²) in [6, 6.07) is 11.1. The second-order valence-electron chi connectivity index (χ2n) is 7.36. The number of nitrogens with zero attached hydrogens (tertiary/aromatic N) is 3. The molecule has 25 heavy (non-hydrogen) atoms. The summed E-state index contributed by atoms with van der Waals surface area (Å²) in [5.74, 6) is 1.17. The van der Waals surface area contributed by atoms with Gasteiger partial charge in [-0.3, -0.25) is 0 Å². The summed E-state index contributed by atoms with van der Waals surface area (Å²) in [5, 5.41) is 1.35. The largest absolute Gasteiger partial charge is 0.355 e. The van der Waals surface area contributed by atoms with Gasteiger partial charge in [-0.25, -0.2) is 4.98 Å². The molecule has 0 N–H and O–H groups in total. The van der Waals surface area contributed by atoms with E-state index in [0.717, 1.165) is 19.6 Å². The van der Waals surface area contributed by atoms with Gasteiger partial charge in [0, 0.05) is 36.9 Å². The topological polar surface area (TPSA) is 21.1 Å². The van der Waals surface area contributed by atoms with Crippen molar-refractivity contribution in [2.75, 3.05) is 18.0 Å². The van der Waals surface area contributed by atoms with Crippen LogP contribution in [0.5, 0.6) is 0 Å². The summed E-state index contributed by atoms with van der Waals surface area (Å²) in [6.45, 7) is 9.78. The zero-order valence-electron chi connectivity index (χ0n) is 15.5. The number of benzene rings is 1. The highest BCUT2D eigenvalue weighted by molar-refractivity contribution is 5.93. The third kappa shape index (κ3) is 2.92. The van der Waals surface area contributed by atoms with Crippen molar-refractivity contribution in [1.29, 1.82) is 0 Å². The average molecular weight is 333 g/mol. The van der Waals surface area contributed by atoms with Gasteiger partial charge in [0.15, 0.2) is 5.82 Å². The van der Waals surface area contributed by atoms with Gasteiger partial charge in [0.05, 0.1) is 5.52 Å². The van der Waals surface area contributed by atoms with Gasteiger partial charge in [0.25, 0.3) is 0 Å². The van der Waals surface area contributed by atoms with Crippen LogP contribution >= 0.6 is 0 Å². The van der Waals surface area contributed by atoms with E-state index in [2.05, 4.69) is 60.6 Å². The molecule has 3 nitrogen and oxygen atoms in total. The quantitative estimate of drug-likeness (QED) is 0.672. The Morgan fingerprint density at radius 1 is 0.920 bits per heavy atom. The Bertz CT molecular complexity index is 884. The molecule has 130 valence electrons. The number of rotatable bonds is 3. The van der Waals surface area contributed by atoms with Crippen LogP contribution in [0.2, 0.25) is 0 Å². The van der Waals surface area contributed by atoms with E-state index in [-0.39, 0.29) is 0 Å². The predicted octanol–water partition coefficient (Wildman–Crippen LogP) is 5.00. The third-order valence-electron chi connectivity index (χ3n) is 5.64. The first-order valence-corrected chi connectivity index (χ1v) is 9.40. The minimum Gasteiger partial charge on any atom is -0.355 e. The van der Waals surface area contributed by atoms with E-state index in [0.29, 0.717) is 0 Å². The lowest BCUT2D eigenvalue weighted by atomic mass is 10.1. The van der Waals surface area contributed by atoms with Crippen LogP contribution in [0, 0.1) is 20.8 Å². The molecular weight excluding hydrogens is 306 g/mol. The van der Waals surface area contributed by atoms with E-state index in [9.17, 15) is 0 Å². The molecule has 0 saturated carbocycles. The second kappa shape index (κ2) is 6.55. The van der Waals surface area contributed by atoms with E-state index in [1.54, 1.807) is 0 Å². The normalized spacial score (nSPS) is 15.1. The van der Waals surface area contributed by atoms with E-state index >= 15 is 0 Å². The van der Waals surface area contributed by atoms with Crippen LogP contribution in [0.15, 0.2) is 36.5 Å². The van der Waals surface area contributed by atoms with Gasteiger partial charge < -0.3 is 9.47 Å². The lowest BCUT2D eigenvalue weighted by Crippen LogP contribution is -2.30. The highest BCUT2D eigenvalue weighted by Crippen LogP contribution is 2.33. The summed E-state index contributed by atoms with van der Waals surface area (Å²) < 4.78 is 2.46. The molecule has 4 rings (SSSR count). The Balaban J connectivity index is 1.84. The van der Waals surface area contributed by atoms with Crippen molar-refractivity contribution in [3.8, 4) is 0 Å². The molecular formula is C22H27N3. The van der Waals surface area contributed by atoms with Crippen molar-refractivity contribution in [3.63, 3.8) is 0 Å². The van der Waals surface area contributed by atoms with Crippen LogP contribution in [-0.2, 0) is 6.54 Å². The van der Waals surface area contributed by atoms with Gasteiger partial charge in [0.2, 0.25) is 0 Å². The Kier molecular flexibility index (Phi) is 4.24. The molecule has 1 fully saturated rings. The average Bonchev–Trinajstić information content (AvgIpc) is 2.89. The standard InChI is InChI=1S/C22H27N3/c1-16-7-9-19(10-8-16)15-25-18(3)17(2)20-11-12-23-22(21(20)25)24-13-5-4-6-14-24/h7-12H,4-6,13-15H2,1-3H3. The van der Waals surface area contributed by atoms with Crippen LogP contribution in [0.4, 0.5) is 5.82 Å². The number of fused-ring (bicyclic) bond motifs is 1. The number of piperidine rings is 1. The minimum absolute atomic E-state index is 0.906. The number of hydrogen-bond acceptors (Lipinski definition) is 2. The van der Waals surface area contributed by atoms with Gasteiger partial charge in [-0.05, 0) is 57.2 Å². The SMILES string of the molecule is Cc1ccc(Cn2c(C)c(C)c3ccnc(N4CCCCC4)c32)cc1. The Hall–Kier alpha value is -2.29. The number of anilines is 1. The summed E-state index contributed by atoms with van der Waals surface area (Å²) in [4.78, 5) is 7.29. The Labute approximate surface area is 150 Å². The van der Waals surface area contributed by atoms with Crippen LogP contribution < -0.4 is 4.90 Å². The summed E-state index contributed by atoms with van der Waals surface area (Å²) >= 11 is 0. The van der Waals surface area contributed by atoms with Gasteiger partial charge in [0.1, 0.15) is 0 Å². The Morgan fingerprint density at radius 3 is 2.36 bits per heavy atom. The van der Waals surface area contributed by atoms with Gasteiger partial charge in [-0.15, -0.1) is 0 Å². The molecule has 1 saturated heterocycles. The van der Waals surface area contributed by atoms with E-state index in [1.807, 2.05) is 6.20 Å². The molecule has 0 aliphatic carbocycles. The van der Waals surface area contributed by atoms with Crippen molar-refractivity contribution in [2.24, 2.45) is 0 Å². The lowest BCUT2D eigenvalue weighted by molar-refractivity contribution is 0.574. The number of hydrogen-bond donors (Lipinski definition) is 0. The summed E-state index contributed by atoms with van der Waals surface area (Å²) in [5.41, 5.74) is 6.69. The summed E-state index contributed by atoms with van der Waals surface area (Å²) in [6.07, 6.45) is 5.87. The van der Waals surface area contributed by atoms with Crippen molar-refractivity contribution in [3.05, 3.63) is 58.9 Å². The van der Waals surface area contributed by atoms with E-state index in [4.69, 9.17) is 4.98 Å². The third-order valence-corrected chi connectivity index (χ3v) is 5.64. The highest BCUT2D eigenvalue weighted by Gasteiger charge is 2.20. The maximum atomic E-state index is 4.81. The molecule has 2 aromatic heterocycles. The van der Waals surface area contributed by atoms with Crippen LogP contribution in [0.1, 0.15) is 41.6 Å². The number of pyridine rings is 1. The summed E-state index contributed by atoms with van der Waals surface area (Å²) in [7, 11) is 0. The predicted molar refractivity (Wildman–Crippen MR) is 106 cm³/mol. The minimum atomic E-state index is 0.906. The smallest absolute Gasteiger partial charge is 0.153 e. The fourth-order valence-electron chi connectivity index (χ4n) is 3.99. The zero-order valence-corrected chi connectivity index (χ0v) is 15.5. The van der Waals surface area contributed by atoms with Gasteiger partial charge in [-0.2, -0.15) is 0 Å². The molecule has 1 aliphatic heterocycles. The first kappa shape index (κ1) is 16.2. The van der Waals surface area contributed by atoms with E-state index < -0.39 is 0 Å². The van der Waals surface area contributed by atoms with Crippen molar-refractivity contribution in [2.45, 2.75) is 46.6 Å². The maximum absolute atomic E-state index is 4.81. The first-order valence-electron chi connectivity index (χ1n) is 9.40. The molecule has 1 aromatic carbocycles. The highest BCUT2D eigenvalue weighted by atomic mass is 15.2. The van der Waals surface area contributed by atoms with Crippen LogP contribution in [0.25, 0.3) is 10.9 Å². The molecule has 0 radical (unpaired) electrons. The van der Waals surface area contributed by atoms with Gasteiger partial charge in [-0.1, -0.05) is 29.8 Å². The second-order valence-corrected chi connectivity index (χ2v) is 7.36. The van der Waals surface area contributed by atoms with Crippen molar-refractivity contribution in [1.82, 2.24) is 9.55 Å². The van der Waals surface area contributed by atoms with Crippen LogP contribution in [-0.4, -0.2) is 22.6 Å². The number of aryl methyl sites for hydroxylation is 2. The molecule has 0 unspecified atom stereocenters. The molecule has 3 aromatic rings. The first-order chi connectivity index (χ1) is 12.1. The molecule has 0 amide bonds. The Morgan fingerprint density at radius 2 is 1.64 bits per heavy atom. The fraction of sp³-hybridized carbons (Fsp3) is 0.409. The monoisotopic (exact) mass is 333 g/mol. The molecule has 1 aliphatic rings. The zero-order chi connectivity index (χ0) is 17.4. The molecule has 0 bridgehead atoms. The van der Waals surface area contributed by atoms with Crippen molar-refractivity contribution < 1.29 is 0 Å². The van der Waals surface area contributed by atoms with Gasteiger partial charge >= 0.3 is 0 Å².